The van der Waals surface area contributed by atoms with Gasteiger partial charge in [-0.1, -0.05) is 13.0 Å². The minimum Gasteiger partial charge on any atom is -0.388 e. The van der Waals surface area contributed by atoms with Gasteiger partial charge in [-0.05, 0) is 49.9 Å². The van der Waals surface area contributed by atoms with Crippen LogP contribution in [0.1, 0.15) is 30.0 Å². The van der Waals surface area contributed by atoms with Gasteiger partial charge in [0.1, 0.15) is 0 Å². The third kappa shape index (κ3) is 3.19. The third-order valence-corrected chi connectivity index (χ3v) is 5.04. The zero-order valence-electron chi connectivity index (χ0n) is 11.5. The summed E-state index contributed by atoms with van der Waals surface area (Å²) >= 11 is 6.46. The van der Waals surface area contributed by atoms with E-state index < -0.39 is 17.7 Å². The van der Waals surface area contributed by atoms with Crippen molar-refractivity contribution in [3.63, 3.8) is 0 Å². The third-order valence-electron chi connectivity index (χ3n) is 3.31. The Morgan fingerprint density at radius 3 is 2.52 bits per heavy atom. The van der Waals surface area contributed by atoms with Crippen LogP contribution in [0.15, 0.2) is 21.1 Å². The SMILES string of the molecule is CCc1nn(C)c(CC(O)c2ccc(F)c(F)c2Br)c1Br. The summed E-state index contributed by atoms with van der Waals surface area (Å²) in [5.74, 6) is -1.95. The van der Waals surface area contributed by atoms with Gasteiger partial charge in [0.25, 0.3) is 0 Å². The molecule has 0 aliphatic heterocycles. The summed E-state index contributed by atoms with van der Waals surface area (Å²) in [4.78, 5) is 0. The second-order valence-corrected chi connectivity index (χ2v) is 6.26. The summed E-state index contributed by atoms with van der Waals surface area (Å²) in [5, 5.41) is 14.7. The second kappa shape index (κ2) is 6.54. The molecular formula is C14H14Br2F2N2O. The average Bonchev–Trinajstić information content (AvgIpc) is 2.72. The molecule has 1 aromatic heterocycles. The van der Waals surface area contributed by atoms with Crippen molar-refractivity contribution < 1.29 is 13.9 Å². The molecular weight excluding hydrogens is 410 g/mol. The van der Waals surface area contributed by atoms with E-state index in [9.17, 15) is 13.9 Å². The van der Waals surface area contributed by atoms with Crippen LogP contribution in [0, 0.1) is 11.6 Å². The Labute approximate surface area is 138 Å². The molecule has 2 rings (SSSR count). The summed E-state index contributed by atoms with van der Waals surface area (Å²) < 4.78 is 29.1. The molecule has 0 saturated carbocycles. The summed E-state index contributed by atoms with van der Waals surface area (Å²) in [5.41, 5.74) is 2.00. The van der Waals surface area contributed by atoms with Gasteiger partial charge in [0.15, 0.2) is 11.6 Å². The minimum absolute atomic E-state index is 0.0518. The molecule has 0 amide bonds. The Hall–Kier alpha value is -0.790. The molecule has 1 heterocycles. The molecule has 0 radical (unpaired) electrons. The molecule has 1 atom stereocenters. The van der Waals surface area contributed by atoms with Crippen LogP contribution in [-0.2, 0) is 19.9 Å². The number of aliphatic hydroxyl groups excluding tert-OH is 1. The van der Waals surface area contributed by atoms with Crippen LogP contribution in [0.3, 0.4) is 0 Å². The fourth-order valence-corrected chi connectivity index (χ4v) is 3.50. The minimum atomic E-state index is -0.995. The van der Waals surface area contributed by atoms with E-state index in [-0.39, 0.29) is 10.9 Å². The summed E-state index contributed by atoms with van der Waals surface area (Å²) in [7, 11) is 1.78. The zero-order valence-corrected chi connectivity index (χ0v) is 14.7. The molecule has 0 aliphatic carbocycles. The first-order valence-electron chi connectivity index (χ1n) is 6.38. The van der Waals surface area contributed by atoms with E-state index in [1.807, 2.05) is 6.92 Å². The lowest BCUT2D eigenvalue weighted by Gasteiger charge is -2.14. The highest BCUT2D eigenvalue weighted by Crippen LogP contribution is 2.32. The number of aromatic nitrogens is 2. The number of aryl methyl sites for hydroxylation is 2. The van der Waals surface area contributed by atoms with Crippen molar-refractivity contribution in [3.8, 4) is 0 Å². The molecule has 21 heavy (non-hydrogen) atoms. The maximum atomic E-state index is 13.5. The molecule has 1 N–H and O–H groups in total. The Kier molecular flexibility index (Phi) is 5.16. The standard InChI is InChI=1S/C14H14Br2F2N2O/c1-3-9-13(16)10(20(2)19-9)6-11(21)7-4-5-8(17)14(18)12(7)15/h4-5,11,21H,3,6H2,1-2H3. The van der Waals surface area contributed by atoms with Crippen molar-refractivity contribution in [2.24, 2.45) is 7.05 Å². The maximum absolute atomic E-state index is 13.5. The van der Waals surface area contributed by atoms with Gasteiger partial charge < -0.3 is 5.11 Å². The highest BCUT2D eigenvalue weighted by Gasteiger charge is 2.21. The first-order valence-corrected chi connectivity index (χ1v) is 7.97. The second-order valence-electron chi connectivity index (χ2n) is 4.67. The van der Waals surface area contributed by atoms with Crippen LogP contribution in [0.2, 0.25) is 0 Å². The predicted octanol–water partition coefficient (Wildman–Crippen LogP) is 4.06. The van der Waals surface area contributed by atoms with Gasteiger partial charge in [0.2, 0.25) is 0 Å². The van der Waals surface area contributed by atoms with Crippen molar-refractivity contribution in [1.82, 2.24) is 9.78 Å². The molecule has 0 aliphatic rings. The number of halogens is 4. The predicted molar refractivity (Wildman–Crippen MR) is 83.0 cm³/mol. The molecule has 1 unspecified atom stereocenters. The number of hydrogen-bond acceptors (Lipinski definition) is 2. The monoisotopic (exact) mass is 422 g/mol. The first kappa shape index (κ1) is 16.6. The molecule has 0 bridgehead atoms. The quantitative estimate of drug-likeness (QED) is 0.753. The lowest BCUT2D eigenvalue weighted by atomic mass is 10.0. The Balaban J connectivity index is 2.33. The molecule has 0 fully saturated rings. The fourth-order valence-electron chi connectivity index (χ4n) is 2.13. The zero-order chi connectivity index (χ0) is 15.7. The van der Waals surface area contributed by atoms with Gasteiger partial charge >= 0.3 is 0 Å². The molecule has 7 heteroatoms. The number of nitrogens with zero attached hydrogens (tertiary/aromatic N) is 2. The molecule has 1 aromatic carbocycles. The van der Waals surface area contributed by atoms with Crippen LogP contribution in [0.4, 0.5) is 8.78 Å². The highest BCUT2D eigenvalue weighted by atomic mass is 79.9. The van der Waals surface area contributed by atoms with E-state index in [2.05, 4.69) is 37.0 Å². The van der Waals surface area contributed by atoms with E-state index in [4.69, 9.17) is 0 Å². The van der Waals surface area contributed by atoms with Gasteiger partial charge in [0.05, 0.1) is 26.4 Å². The number of benzene rings is 1. The Morgan fingerprint density at radius 2 is 1.95 bits per heavy atom. The molecule has 3 nitrogen and oxygen atoms in total. The van der Waals surface area contributed by atoms with Gasteiger partial charge in [0, 0.05) is 13.5 Å². The van der Waals surface area contributed by atoms with E-state index in [1.165, 1.54) is 6.07 Å². The highest BCUT2D eigenvalue weighted by molar-refractivity contribution is 9.10. The normalized spacial score (nSPS) is 12.7. The van der Waals surface area contributed by atoms with E-state index >= 15 is 0 Å². The van der Waals surface area contributed by atoms with Crippen LogP contribution >= 0.6 is 31.9 Å². The van der Waals surface area contributed by atoms with Gasteiger partial charge in [-0.25, -0.2) is 8.78 Å². The van der Waals surface area contributed by atoms with Gasteiger partial charge in [-0.2, -0.15) is 5.10 Å². The Morgan fingerprint density at radius 1 is 1.29 bits per heavy atom. The fraction of sp³-hybridized carbons (Fsp3) is 0.357. The van der Waals surface area contributed by atoms with Crippen molar-refractivity contribution in [1.29, 1.82) is 0 Å². The Bertz CT molecular complexity index is 673. The van der Waals surface area contributed by atoms with E-state index in [1.54, 1.807) is 11.7 Å². The number of rotatable bonds is 4. The van der Waals surface area contributed by atoms with Crippen molar-refractivity contribution in [2.45, 2.75) is 25.9 Å². The molecule has 0 saturated heterocycles. The van der Waals surface area contributed by atoms with Crippen LogP contribution in [0.5, 0.6) is 0 Å². The van der Waals surface area contributed by atoms with Crippen LogP contribution < -0.4 is 0 Å². The lowest BCUT2D eigenvalue weighted by molar-refractivity contribution is 0.174. The van der Waals surface area contributed by atoms with Crippen LogP contribution in [-0.4, -0.2) is 14.9 Å². The molecule has 114 valence electrons. The smallest absolute Gasteiger partial charge is 0.173 e. The lowest BCUT2D eigenvalue weighted by Crippen LogP contribution is -2.08. The van der Waals surface area contributed by atoms with Crippen molar-refractivity contribution in [2.75, 3.05) is 0 Å². The molecule has 2 aromatic rings. The average molecular weight is 424 g/mol. The summed E-state index contributed by atoms with van der Waals surface area (Å²) in [6.07, 6.45) is 0.0403. The number of aliphatic hydroxyl groups is 1. The van der Waals surface area contributed by atoms with Gasteiger partial charge in [-0.3, -0.25) is 4.68 Å². The topological polar surface area (TPSA) is 38.0 Å². The van der Waals surface area contributed by atoms with Crippen LogP contribution in [0.25, 0.3) is 0 Å². The van der Waals surface area contributed by atoms with Gasteiger partial charge in [-0.15, -0.1) is 0 Å². The first-order chi connectivity index (χ1) is 9.86. The summed E-state index contributed by atoms with van der Waals surface area (Å²) in [6.45, 7) is 1.99. The maximum Gasteiger partial charge on any atom is 0.173 e. The number of hydrogen-bond donors (Lipinski definition) is 1. The molecule has 0 spiro atoms. The van der Waals surface area contributed by atoms with E-state index in [0.717, 1.165) is 28.3 Å². The van der Waals surface area contributed by atoms with Crippen molar-refractivity contribution in [3.05, 3.63) is 49.7 Å². The van der Waals surface area contributed by atoms with Crippen molar-refractivity contribution >= 4 is 31.9 Å². The van der Waals surface area contributed by atoms with E-state index in [0.29, 0.717) is 5.56 Å². The summed E-state index contributed by atoms with van der Waals surface area (Å²) in [6, 6.07) is 2.38. The largest absolute Gasteiger partial charge is 0.388 e.